The molecule has 2 aliphatic rings. The highest BCUT2D eigenvalue weighted by atomic mass is 16.7. The summed E-state index contributed by atoms with van der Waals surface area (Å²) < 4.78 is 10.6. The molecule has 0 radical (unpaired) electrons. The molecule has 1 amide bonds. The fourth-order valence-corrected chi connectivity index (χ4v) is 4.20. The van der Waals surface area contributed by atoms with Crippen molar-refractivity contribution < 1.29 is 24.2 Å². The standard InChI is InChI=1S/C25H21NO5/c1-16-6-2-3-7-18(16)14-26-20-9-5-4-8-19(20)25(29,24(26)28)13-21(27)17-10-11-22-23(12-17)31-15-30-22/h2-12,29H,13-15H2,1H3/t25-/m1/s1. The minimum atomic E-state index is -1.92. The highest BCUT2D eigenvalue weighted by Gasteiger charge is 2.50. The molecule has 0 aliphatic carbocycles. The van der Waals surface area contributed by atoms with E-state index >= 15 is 0 Å². The highest BCUT2D eigenvalue weighted by molar-refractivity contribution is 6.10. The summed E-state index contributed by atoms with van der Waals surface area (Å²) in [4.78, 5) is 28.0. The largest absolute Gasteiger partial charge is 0.454 e. The van der Waals surface area contributed by atoms with Crippen LogP contribution in [0.1, 0.15) is 33.5 Å². The molecule has 31 heavy (non-hydrogen) atoms. The number of Topliss-reactive ketones (excluding diaryl/α,β-unsaturated/α-hetero) is 1. The summed E-state index contributed by atoms with van der Waals surface area (Å²) in [5.74, 6) is 0.215. The lowest BCUT2D eigenvalue weighted by molar-refractivity contribution is -0.136. The lowest BCUT2D eigenvalue weighted by Crippen LogP contribution is -2.41. The average molecular weight is 415 g/mol. The first kappa shape index (κ1) is 19.3. The fraction of sp³-hybridized carbons (Fsp3) is 0.200. The molecule has 0 saturated carbocycles. The van der Waals surface area contributed by atoms with Crippen molar-refractivity contribution in [2.45, 2.75) is 25.5 Å². The van der Waals surface area contributed by atoms with Gasteiger partial charge in [0.1, 0.15) is 0 Å². The van der Waals surface area contributed by atoms with Crippen LogP contribution in [0.15, 0.2) is 66.7 Å². The van der Waals surface area contributed by atoms with Crippen molar-refractivity contribution in [3.63, 3.8) is 0 Å². The second-order valence-electron chi connectivity index (χ2n) is 7.86. The maximum absolute atomic E-state index is 13.4. The predicted molar refractivity (Wildman–Crippen MR) is 114 cm³/mol. The summed E-state index contributed by atoms with van der Waals surface area (Å²) in [6, 6.07) is 19.8. The van der Waals surface area contributed by atoms with E-state index in [0.29, 0.717) is 34.9 Å². The van der Waals surface area contributed by atoms with Crippen molar-refractivity contribution in [1.82, 2.24) is 0 Å². The molecule has 0 saturated heterocycles. The Labute approximate surface area is 179 Å². The Bertz CT molecular complexity index is 1200. The average Bonchev–Trinajstić information content (AvgIpc) is 3.32. The molecule has 6 nitrogen and oxygen atoms in total. The highest BCUT2D eigenvalue weighted by Crippen LogP contribution is 2.44. The minimum absolute atomic E-state index is 0.108. The summed E-state index contributed by atoms with van der Waals surface area (Å²) in [6.45, 7) is 2.41. The van der Waals surface area contributed by atoms with Crippen LogP contribution in [0.5, 0.6) is 11.5 Å². The number of ketones is 1. The molecule has 0 bridgehead atoms. The number of benzene rings is 3. The van der Waals surface area contributed by atoms with Crippen molar-refractivity contribution in [3.05, 3.63) is 89.0 Å². The number of amides is 1. The molecule has 5 rings (SSSR count). The van der Waals surface area contributed by atoms with Gasteiger partial charge in [-0.05, 0) is 42.3 Å². The fourth-order valence-electron chi connectivity index (χ4n) is 4.20. The maximum atomic E-state index is 13.4. The number of aryl methyl sites for hydroxylation is 1. The number of fused-ring (bicyclic) bond motifs is 2. The SMILES string of the molecule is Cc1ccccc1CN1C(=O)[C@@](O)(CC(=O)c2ccc3c(c2)OCO3)c2ccccc21. The van der Waals surface area contributed by atoms with Gasteiger partial charge in [-0.25, -0.2) is 0 Å². The van der Waals surface area contributed by atoms with E-state index < -0.39 is 11.5 Å². The van der Waals surface area contributed by atoms with Crippen LogP contribution in [0.3, 0.4) is 0 Å². The van der Waals surface area contributed by atoms with E-state index in [1.54, 1.807) is 41.3 Å². The van der Waals surface area contributed by atoms with Gasteiger partial charge in [0.25, 0.3) is 5.91 Å². The van der Waals surface area contributed by atoms with Crippen molar-refractivity contribution in [3.8, 4) is 11.5 Å². The van der Waals surface area contributed by atoms with Crippen molar-refractivity contribution >= 4 is 17.4 Å². The zero-order chi connectivity index (χ0) is 21.6. The van der Waals surface area contributed by atoms with E-state index in [4.69, 9.17) is 9.47 Å². The van der Waals surface area contributed by atoms with Gasteiger partial charge in [-0.2, -0.15) is 0 Å². The van der Waals surface area contributed by atoms with Crippen LogP contribution >= 0.6 is 0 Å². The summed E-state index contributed by atoms with van der Waals surface area (Å²) in [7, 11) is 0. The molecule has 3 aromatic carbocycles. The summed E-state index contributed by atoms with van der Waals surface area (Å²) in [6.07, 6.45) is -0.354. The molecule has 0 fully saturated rings. The van der Waals surface area contributed by atoms with Gasteiger partial charge in [0, 0.05) is 11.1 Å². The van der Waals surface area contributed by atoms with Gasteiger partial charge in [0.05, 0.1) is 18.7 Å². The Hall–Kier alpha value is -3.64. The molecule has 3 aromatic rings. The molecule has 1 atom stereocenters. The van der Waals surface area contributed by atoms with E-state index in [0.717, 1.165) is 11.1 Å². The van der Waals surface area contributed by atoms with Gasteiger partial charge in [0.15, 0.2) is 22.9 Å². The van der Waals surface area contributed by atoms with E-state index in [2.05, 4.69) is 0 Å². The zero-order valence-corrected chi connectivity index (χ0v) is 17.0. The van der Waals surface area contributed by atoms with Crippen LogP contribution in [0, 0.1) is 6.92 Å². The summed E-state index contributed by atoms with van der Waals surface area (Å²) >= 11 is 0. The van der Waals surface area contributed by atoms with E-state index in [9.17, 15) is 14.7 Å². The lowest BCUT2D eigenvalue weighted by Gasteiger charge is -2.23. The third kappa shape index (κ3) is 3.16. The van der Waals surface area contributed by atoms with Crippen molar-refractivity contribution in [1.29, 1.82) is 0 Å². The number of para-hydroxylation sites is 1. The van der Waals surface area contributed by atoms with Crippen LogP contribution in [0.2, 0.25) is 0 Å². The van der Waals surface area contributed by atoms with Crippen LogP contribution in [-0.4, -0.2) is 23.6 Å². The molecular formula is C25H21NO5. The molecule has 2 aliphatic heterocycles. The smallest absolute Gasteiger partial charge is 0.264 e. The van der Waals surface area contributed by atoms with Gasteiger partial charge in [0.2, 0.25) is 6.79 Å². The Morgan fingerprint density at radius 2 is 1.77 bits per heavy atom. The maximum Gasteiger partial charge on any atom is 0.264 e. The first-order valence-corrected chi connectivity index (χ1v) is 10.1. The zero-order valence-electron chi connectivity index (χ0n) is 17.0. The molecule has 156 valence electrons. The lowest BCUT2D eigenvalue weighted by atomic mass is 9.88. The summed E-state index contributed by atoms with van der Waals surface area (Å²) in [5.41, 5.74) is 1.54. The second-order valence-corrected chi connectivity index (χ2v) is 7.86. The Morgan fingerprint density at radius 3 is 2.61 bits per heavy atom. The quantitative estimate of drug-likeness (QED) is 0.643. The van der Waals surface area contributed by atoms with E-state index in [-0.39, 0.29) is 19.0 Å². The molecule has 0 unspecified atom stereocenters. The molecular weight excluding hydrogens is 394 g/mol. The van der Waals surface area contributed by atoms with Gasteiger partial charge >= 0.3 is 0 Å². The molecule has 1 N–H and O–H groups in total. The Morgan fingerprint density at radius 1 is 1.03 bits per heavy atom. The van der Waals surface area contributed by atoms with Gasteiger partial charge in [-0.15, -0.1) is 0 Å². The third-order valence-corrected chi connectivity index (χ3v) is 5.94. The number of nitrogens with zero attached hydrogens (tertiary/aromatic N) is 1. The van der Waals surface area contributed by atoms with Crippen LogP contribution in [0.4, 0.5) is 5.69 Å². The van der Waals surface area contributed by atoms with E-state index in [1.807, 2.05) is 37.3 Å². The predicted octanol–water partition coefficient (Wildman–Crippen LogP) is 3.73. The molecule has 0 aromatic heterocycles. The number of anilines is 1. The van der Waals surface area contributed by atoms with Gasteiger partial charge < -0.3 is 19.5 Å². The number of hydrogen-bond acceptors (Lipinski definition) is 5. The molecule has 0 spiro atoms. The van der Waals surface area contributed by atoms with Crippen LogP contribution < -0.4 is 14.4 Å². The molecule has 2 heterocycles. The van der Waals surface area contributed by atoms with Gasteiger partial charge in [-0.3, -0.25) is 9.59 Å². The number of hydrogen-bond donors (Lipinski definition) is 1. The van der Waals surface area contributed by atoms with Crippen LogP contribution in [0.25, 0.3) is 0 Å². The topological polar surface area (TPSA) is 76.1 Å². The number of carbonyl (C=O) groups is 2. The minimum Gasteiger partial charge on any atom is -0.454 e. The summed E-state index contributed by atoms with van der Waals surface area (Å²) in [5, 5.41) is 11.5. The first-order chi connectivity index (χ1) is 15.0. The number of ether oxygens (including phenoxy) is 2. The van der Waals surface area contributed by atoms with E-state index in [1.165, 1.54) is 0 Å². The first-order valence-electron chi connectivity index (χ1n) is 10.1. The number of carbonyl (C=O) groups excluding carboxylic acids is 2. The second kappa shape index (κ2) is 7.25. The Kier molecular flexibility index (Phi) is 4.52. The monoisotopic (exact) mass is 415 g/mol. The normalized spacial score (nSPS) is 18.9. The number of rotatable bonds is 5. The van der Waals surface area contributed by atoms with Gasteiger partial charge in [-0.1, -0.05) is 42.5 Å². The third-order valence-electron chi connectivity index (χ3n) is 5.94. The molecule has 6 heteroatoms. The van der Waals surface area contributed by atoms with Crippen molar-refractivity contribution in [2.24, 2.45) is 0 Å². The Balaban J connectivity index is 1.47. The van der Waals surface area contributed by atoms with Crippen molar-refractivity contribution in [2.75, 3.05) is 11.7 Å². The number of aliphatic hydroxyl groups is 1. The van der Waals surface area contributed by atoms with Crippen LogP contribution in [-0.2, 0) is 16.9 Å².